The van der Waals surface area contributed by atoms with E-state index in [0.717, 1.165) is 6.07 Å². The summed E-state index contributed by atoms with van der Waals surface area (Å²) in [4.78, 5) is 22.8. The maximum absolute atomic E-state index is 11.6. The van der Waals surface area contributed by atoms with Crippen molar-refractivity contribution in [3.05, 3.63) is 45.3 Å². The fourth-order valence-electron chi connectivity index (χ4n) is 1.33. The minimum Gasteiger partial charge on any atom is -0.463 e. The summed E-state index contributed by atoms with van der Waals surface area (Å²) in [5.74, 6) is -0.809. The van der Waals surface area contributed by atoms with E-state index in [1.165, 1.54) is 19.2 Å². The molecular weight excluding hydrogens is 232 g/mol. The summed E-state index contributed by atoms with van der Waals surface area (Å²) >= 11 is 5.75. The number of hydrogen-bond donors (Lipinski definition) is 0. The van der Waals surface area contributed by atoms with Crippen molar-refractivity contribution in [1.82, 2.24) is 0 Å². The highest BCUT2D eigenvalue weighted by Gasteiger charge is 2.12. The van der Waals surface area contributed by atoms with Crippen LogP contribution in [0.3, 0.4) is 0 Å². The van der Waals surface area contributed by atoms with E-state index in [1.54, 1.807) is 6.07 Å². The van der Waals surface area contributed by atoms with Gasteiger partial charge in [0.15, 0.2) is 5.43 Å². The lowest BCUT2D eigenvalue weighted by Gasteiger charge is -2.01. The average Bonchev–Trinajstić information content (AvgIpc) is 2.28. The van der Waals surface area contributed by atoms with E-state index < -0.39 is 5.97 Å². The van der Waals surface area contributed by atoms with Gasteiger partial charge in [-0.2, -0.15) is 0 Å². The number of esters is 1. The lowest BCUT2D eigenvalue weighted by atomic mass is 10.2. The van der Waals surface area contributed by atoms with Crippen LogP contribution in [0, 0.1) is 0 Å². The molecule has 0 aliphatic carbocycles. The number of methoxy groups -OCH3 is 1. The minimum absolute atomic E-state index is 0.123. The quantitative estimate of drug-likeness (QED) is 0.715. The van der Waals surface area contributed by atoms with Gasteiger partial charge < -0.3 is 9.15 Å². The predicted octanol–water partition coefficient (Wildman–Crippen LogP) is 2.23. The van der Waals surface area contributed by atoms with Gasteiger partial charge in [0.2, 0.25) is 5.76 Å². The summed E-state index contributed by atoms with van der Waals surface area (Å²) in [6.45, 7) is 0. The molecule has 0 fully saturated rings. The standard InChI is InChI=1S/C11H7ClO4/c1-15-11(14)10-5-8(13)7-4-6(12)2-3-9(7)16-10/h2-5H,1H3. The molecule has 0 aliphatic heterocycles. The van der Waals surface area contributed by atoms with Gasteiger partial charge in [-0.1, -0.05) is 11.6 Å². The molecule has 0 amide bonds. The first-order valence-electron chi connectivity index (χ1n) is 4.43. The number of ether oxygens (including phenoxy) is 1. The van der Waals surface area contributed by atoms with E-state index >= 15 is 0 Å². The summed E-state index contributed by atoms with van der Waals surface area (Å²) in [6.07, 6.45) is 0. The molecule has 0 radical (unpaired) electrons. The first-order chi connectivity index (χ1) is 7.61. The molecule has 16 heavy (non-hydrogen) atoms. The van der Waals surface area contributed by atoms with E-state index in [9.17, 15) is 9.59 Å². The van der Waals surface area contributed by atoms with Gasteiger partial charge in [0.1, 0.15) is 5.58 Å². The van der Waals surface area contributed by atoms with Crippen LogP contribution in [-0.4, -0.2) is 13.1 Å². The van der Waals surface area contributed by atoms with Crippen LogP contribution in [0.25, 0.3) is 11.0 Å². The normalized spacial score (nSPS) is 10.4. The van der Waals surface area contributed by atoms with Crippen molar-refractivity contribution in [2.45, 2.75) is 0 Å². The number of hydrogen-bond acceptors (Lipinski definition) is 4. The summed E-state index contributed by atoms with van der Waals surface area (Å²) in [7, 11) is 1.22. The highest BCUT2D eigenvalue weighted by atomic mass is 35.5. The van der Waals surface area contributed by atoms with Crippen LogP contribution in [0.4, 0.5) is 0 Å². The number of benzene rings is 1. The van der Waals surface area contributed by atoms with Crippen LogP contribution in [0.5, 0.6) is 0 Å². The molecule has 2 aromatic rings. The molecule has 0 aliphatic rings. The molecule has 1 aromatic heterocycles. The lowest BCUT2D eigenvalue weighted by Crippen LogP contribution is -2.08. The van der Waals surface area contributed by atoms with Gasteiger partial charge in [0.25, 0.3) is 0 Å². The summed E-state index contributed by atoms with van der Waals surface area (Å²) < 4.78 is 9.68. The number of fused-ring (bicyclic) bond motifs is 1. The van der Waals surface area contributed by atoms with Crippen molar-refractivity contribution in [3.8, 4) is 0 Å². The van der Waals surface area contributed by atoms with Gasteiger partial charge in [-0.3, -0.25) is 4.79 Å². The molecule has 5 heteroatoms. The Morgan fingerprint density at radius 1 is 1.38 bits per heavy atom. The molecule has 1 heterocycles. The second-order valence-electron chi connectivity index (χ2n) is 3.11. The van der Waals surface area contributed by atoms with Crippen LogP contribution in [-0.2, 0) is 4.74 Å². The monoisotopic (exact) mass is 238 g/mol. The van der Waals surface area contributed by atoms with Crippen molar-refractivity contribution < 1.29 is 13.9 Å². The van der Waals surface area contributed by atoms with Crippen molar-refractivity contribution >= 4 is 28.5 Å². The van der Waals surface area contributed by atoms with Crippen molar-refractivity contribution in [1.29, 1.82) is 0 Å². The Morgan fingerprint density at radius 2 is 2.12 bits per heavy atom. The molecule has 4 nitrogen and oxygen atoms in total. The van der Waals surface area contributed by atoms with Crippen LogP contribution in [0.2, 0.25) is 5.02 Å². The van der Waals surface area contributed by atoms with E-state index in [2.05, 4.69) is 4.74 Å². The maximum atomic E-state index is 11.6. The Kier molecular flexibility index (Phi) is 2.66. The first-order valence-corrected chi connectivity index (χ1v) is 4.81. The third-order valence-electron chi connectivity index (χ3n) is 2.08. The van der Waals surface area contributed by atoms with Crippen molar-refractivity contribution in [2.24, 2.45) is 0 Å². The van der Waals surface area contributed by atoms with Gasteiger partial charge in [-0.25, -0.2) is 4.79 Å². The highest BCUT2D eigenvalue weighted by molar-refractivity contribution is 6.31. The van der Waals surface area contributed by atoms with Gasteiger partial charge in [-0.05, 0) is 18.2 Å². The second kappa shape index (κ2) is 3.98. The average molecular weight is 239 g/mol. The van der Waals surface area contributed by atoms with Crippen LogP contribution < -0.4 is 5.43 Å². The fourth-order valence-corrected chi connectivity index (χ4v) is 1.50. The molecule has 2 rings (SSSR count). The third kappa shape index (κ3) is 1.79. The van der Waals surface area contributed by atoms with Gasteiger partial charge in [0, 0.05) is 11.1 Å². The van der Waals surface area contributed by atoms with Gasteiger partial charge in [0.05, 0.1) is 12.5 Å². The molecule has 0 spiro atoms. The minimum atomic E-state index is -0.686. The zero-order valence-corrected chi connectivity index (χ0v) is 9.08. The van der Waals surface area contributed by atoms with E-state index in [1.807, 2.05) is 0 Å². The molecular formula is C11H7ClO4. The zero-order valence-electron chi connectivity index (χ0n) is 8.32. The predicted molar refractivity (Wildman–Crippen MR) is 58.8 cm³/mol. The molecule has 0 saturated heterocycles. The Morgan fingerprint density at radius 3 is 2.81 bits per heavy atom. The Hall–Kier alpha value is -1.81. The van der Waals surface area contributed by atoms with Crippen LogP contribution in [0.1, 0.15) is 10.6 Å². The van der Waals surface area contributed by atoms with E-state index in [0.29, 0.717) is 16.0 Å². The maximum Gasteiger partial charge on any atom is 0.374 e. The summed E-state index contributed by atoms with van der Waals surface area (Å²) in [5.41, 5.74) is -0.0264. The second-order valence-corrected chi connectivity index (χ2v) is 3.54. The Bertz CT molecular complexity index is 615. The molecule has 0 N–H and O–H groups in total. The number of carbonyl (C=O) groups is 1. The topological polar surface area (TPSA) is 56.5 Å². The molecule has 0 atom stereocenters. The smallest absolute Gasteiger partial charge is 0.374 e. The van der Waals surface area contributed by atoms with Crippen molar-refractivity contribution in [2.75, 3.05) is 7.11 Å². The molecule has 0 saturated carbocycles. The lowest BCUT2D eigenvalue weighted by molar-refractivity contribution is 0.0565. The van der Waals surface area contributed by atoms with E-state index in [-0.39, 0.29) is 11.2 Å². The number of rotatable bonds is 1. The number of carbonyl (C=O) groups excluding carboxylic acids is 1. The van der Waals surface area contributed by atoms with E-state index in [4.69, 9.17) is 16.0 Å². The van der Waals surface area contributed by atoms with Gasteiger partial charge in [-0.15, -0.1) is 0 Å². The highest BCUT2D eigenvalue weighted by Crippen LogP contribution is 2.17. The Balaban J connectivity index is 2.73. The fraction of sp³-hybridized carbons (Fsp3) is 0.0909. The number of halogens is 1. The van der Waals surface area contributed by atoms with Crippen LogP contribution >= 0.6 is 11.6 Å². The molecule has 0 unspecified atom stereocenters. The van der Waals surface area contributed by atoms with Gasteiger partial charge >= 0.3 is 5.97 Å². The van der Waals surface area contributed by atoms with Crippen molar-refractivity contribution in [3.63, 3.8) is 0 Å². The molecule has 82 valence electrons. The summed E-state index contributed by atoms with van der Waals surface area (Å²) in [5, 5.41) is 0.769. The SMILES string of the molecule is COC(=O)c1cc(=O)c2cc(Cl)ccc2o1. The summed E-state index contributed by atoms with van der Waals surface area (Å²) in [6, 6.07) is 5.69. The molecule has 0 bridgehead atoms. The zero-order chi connectivity index (χ0) is 11.7. The largest absolute Gasteiger partial charge is 0.463 e. The third-order valence-corrected chi connectivity index (χ3v) is 2.31. The van der Waals surface area contributed by atoms with Crippen LogP contribution in [0.15, 0.2) is 33.5 Å². The first kappa shape index (κ1) is 10.7. The Labute approximate surface area is 95.4 Å². The molecule has 1 aromatic carbocycles.